The topological polar surface area (TPSA) is 93.2 Å². The van der Waals surface area contributed by atoms with E-state index in [9.17, 15) is 14.4 Å². The van der Waals surface area contributed by atoms with E-state index in [0.717, 1.165) is 0 Å². The quantitative estimate of drug-likeness (QED) is 0.753. The molecular formula is C18H20ClN3O4. The fourth-order valence-corrected chi connectivity index (χ4v) is 3.28. The number of aromatic nitrogens is 2. The van der Waals surface area contributed by atoms with Crippen LogP contribution in [0.25, 0.3) is 0 Å². The number of carbonyl (C=O) groups excluding carboxylic acids is 2. The second-order valence-electron chi connectivity index (χ2n) is 6.23. The Hall–Kier alpha value is -2.54. The first-order chi connectivity index (χ1) is 12.4. The average molecular weight is 378 g/mol. The van der Waals surface area contributed by atoms with Gasteiger partial charge in [0.1, 0.15) is 17.9 Å². The van der Waals surface area contributed by atoms with Gasteiger partial charge in [-0.15, -0.1) is 0 Å². The summed E-state index contributed by atoms with van der Waals surface area (Å²) < 4.78 is 7.15. The molecule has 1 aliphatic heterocycles. The summed E-state index contributed by atoms with van der Waals surface area (Å²) >= 11 is 6.23. The van der Waals surface area contributed by atoms with Gasteiger partial charge in [-0.05, 0) is 32.4 Å². The molecule has 1 fully saturated rings. The van der Waals surface area contributed by atoms with E-state index in [4.69, 9.17) is 16.3 Å². The third-order valence-electron chi connectivity index (χ3n) is 4.52. The number of amides is 1. The third-order valence-corrected chi connectivity index (χ3v) is 4.82. The molecule has 0 saturated carbocycles. The van der Waals surface area contributed by atoms with Crippen LogP contribution in [0, 0.1) is 6.92 Å². The smallest absolute Gasteiger partial charge is 0.277 e. The third kappa shape index (κ3) is 3.39. The van der Waals surface area contributed by atoms with Crippen LogP contribution in [-0.4, -0.2) is 34.1 Å². The second kappa shape index (κ2) is 7.37. The fourth-order valence-electron chi connectivity index (χ4n) is 3.02. The van der Waals surface area contributed by atoms with Gasteiger partial charge in [-0.3, -0.25) is 19.1 Å². The first-order valence-electron chi connectivity index (χ1n) is 8.46. The Bertz CT molecular complexity index is 916. The summed E-state index contributed by atoms with van der Waals surface area (Å²) in [4.78, 5) is 36.3. The lowest BCUT2D eigenvalue weighted by Crippen LogP contribution is -2.31. The first kappa shape index (κ1) is 18.3. The van der Waals surface area contributed by atoms with Gasteiger partial charge < -0.3 is 15.2 Å². The Morgan fingerprint density at radius 2 is 2.12 bits per heavy atom. The molecule has 138 valence electrons. The molecule has 0 aliphatic carbocycles. The summed E-state index contributed by atoms with van der Waals surface area (Å²) in [5.74, 6) is 0.0154. The highest BCUT2D eigenvalue weighted by Gasteiger charge is 2.24. The number of carbonyl (C=O) groups is 2. The van der Waals surface area contributed by atoms with Crippen molar-refractivity contribution in [3.05, 3.63) is 50.4 Å². The molecule has 2 aromatic rings. The molecule has 8 heteroatoms. The zero-order valence-corrected chi connectivity index (χ0v) is 15.4. The van der Waals surface area contributed by atoms with Crippen molar-refractivity contribution < 1.29 is 14.3 Å². The molecule has 1 saturated heterocycles. The van der Waals surface area contributed by atoms with Gasteiger partial charge in [-0.2, -0.15) is 0 Å². The summed E-state index contributed by atoms with van der Waals surface area (Å²) in [6, 6.07) is 3.10. The van der Waals surface area contributed by atoms with Crippen molar-refractivity contribution in [2.24, 2.45) is 0 Å². The van der Waals surface area contributed by atoms with Gasteiger partial charge >= 0.3 is 0 Å². The Morgan fingerprint density at radius 1 is 1.35 bits per heavy atom. The summed E-state index contributed by atoms with van der Waals surface area (Å²) in [7, 11) is 0. The SMILES string of the molecule is CCn1[nH]cc(C(=O)c2ccc(Cl)c(OC[C@@H]3CCC(=O)N3)c2C)c1=O. The standard InChI is InChI=1S/C18H20ClN3O4/c1-3-22-18(25)13(8-20-22)16(24)12-5-6-14(19)17(10(12)2)26-9-11-4-7-15(23)21-11/h5-6,8,11,20H,3-4,7,9H2,1-2H3,(H,21,23)/t11-/m0/s1. The lowest BCUT2D eigenvalue weighted by Gasteiger charge is -2.16. The average Bonchev–Trinajstić information content (AvgIpc) is 3.19. The lowest BCUT2D eigenvalue weighted by molar-refractivity contribution is -0.119. The maximum absolute atomic E-state index is 12.8. The number of ether oxygens (including phenoxy) is 1. The number of aromatic amines is 1. The normalized spacial score (nSPS) is 16.6. The number of hydrogen-bond donors (Lipinski definition) is 2. The Balaban J connectivity index is 1.86. The Kier molecular flexibility index (Phi) is 5.18. The minimum absolute atomic E-state index is 0.00464. The van der Waals surface area contributed by atoms with Crippen molar-refractivity contribution in [1.82, 2.24) is 15.1 Å². The van der Waals surface area contributed by atoms with Gasteiger partial charge in [0.15, 0.2) is 0 Å². The molecule has 0 bridgehead atoms. The van der Waals surface area contributed by atoms with Gasteiger partial charge in [0.2, 0.25) is 11.7 Å². The maximum Gasteiger partial charge on any atom is 0.277 e. The largest absolute Gasteiger partial charge is 0.490 e. The molecule has 1 aromatic heterocycles. The highest BCUT2D eigenvalue weighted by atomic mass is 35.5. The van der Waals surface area contributed by atoms with Gasteiger partial charge in [0, 0.05) is 30.3 Å². The van der Waals surface area contributed by atoms with Gasteiger partial charge in [-0.1, -0.05) is 11.6 Å². The van der Waals surface area contributed by atoms with Crippen LogP contribution < -0.4 is 15.6 Å². The van der Waals surface area contributed by atoms with E-state index in [1.807, 2.05) is 6.92 Å². The monoisotopic (exact) mass is 377 g/mol. The van der Waals surface area contributed by atoms with Crippen molar-refractivity contribution in [2.45, 2.75) is 39.3 Å². The molecule has 1 aromatic carbocycles. The molecule has 0 unspecified atom stereocenters. The number of benzene rings is 1. The zero-order chi connectivity index (χ0) is 18.8. The van der Waals surface area contributed by atoms with E-state index in [1.165, 1.54) is 10.9 Å². The van der Waals surface area contributed by atoms with Crippen molar-refractivity contribution in [3.8, 4) is 5.75 Å². The van der Waals surface area contributed by atoms with Crippen molar-refractivity contribution in [2.75, 3.05) is 6.61 Å². The number of H-pyrrole nitrogens is 1. The number of aryl methyl sites for hydroxylation is 1. The second-order valence-corrected chi connectivity index (χ2v) is 6.64. The molecule has 2 N–H and O–H groups in total. The summed E-state index contributed by atoms with van der Waals surface area (Å²) in [5.41, 5.74) is 0.643. The highest BCUT2D eigenvalue weighted by Crippen LogP contribution is 2.32. The van der Waals surface area contributed by atoms with E-state index >= 15 is 0 Å². The van der Waals surface area contributed by atoms with E-state index in [-0.39, 0.29) is 35.5 Å². The molecule has 2 heterocycles. The molecule has 1 amide bonds. The predicted molar refractivity (Wildman–Crippen MR) is 97.0 cm³/mol. The van der Waals surface area contributed by atoms with E-state index in [2.05, 4.69) is 10.4 Å². The van der Waals surface area contributed by atoms with Crippen LogP contribution in [0.15, 0.2) is 23.1 Å². The predicted octanol–water partition coefficient (Wildman–Crippen LogP) is 2.05. The summed E-state index contributed by atoms with van der Waals surface area (Å²) in [6.45, 7) is 4.27. The highest BCUT2D eigenvalue weighted by molar-refractivity contribution is 6.32. The van der Waals surface area contributed by atoms with Crippen LogP contribution in [0.2, 0.25) is 5.02 Å². The molecule has 0 spiro atoms. The Labute approximate surface area is 155 Å². The molecule has 1 atom stereocenters. The zero-order valence-electron chi connectivity index (χ0n) is 14.6. The minimum atomic E-state index is -0.383. The van der Waals surface area contributed by atoms with Crippen molar-refractivity contribution in [3.63, 3.8) is 0 Å². The van der Waals surface area contributed by atoms with Crippen LogP contribution in [0.1, 0.15) is 41.3 Å². The van der Waals surface area contributed by atoms with Gasteiger partial charge in [0.05, 0.1) is 11.1 Å². The molecule has 26 heavy (non-hydrogen) atoms. The van der Waals surface area contributed by atoms with Crippen LogP contribution in [0.5, 0.6) is 5.75 Å². The van der Waals surface area contributed by atoms with Crippen LogP contribution in [0.3, 0.4) is 0 Å². The molecular weight excluding hydrogens is 358 g/mol. The number of hydrogen-bond acceptors (Lipinski definition) is 4. The maximum atomic E-state index is 12.8. The van der Waals surface area contributed by atoms with E-state index in [0.29, 0.717) is 41.3 Å². The van der Waals surface area contributed by atoms with Crippen molar-refractivity contribution >= 4 is 23.3 Å². The fraction of sp³-hybridized carbons (Fsp3) is 0.389. The van der Waals surface area contributed by atoms with E-state index in [1.54, 1.807) is 19.1 Å². The lowest BCUT2D eigenvalue weighted by atomic mass is 10.0. The summed E-state index contributed by atoms with van der Waals surface area (Å²) in [5, 5.41) is 5.97. The van der Waals surface area contributed by atoms with Crippen LogP contribution in [0.4, 0.5) is 0 Å². The van der Waals surface area contributed by atoms with Crippen LogP contribution >= 0.6 is 11.6 Å². The van der Waals surface area contributed by atoms with E-state index < -0.39 is 0 Å². The van der Waals surface area contributed by atoms with Crippen molar-refractivity contribution in [1.29, 1.82) is 0 Å². The number of ketones is 1. The van der Waals surface area contributed by atoms with Gasteiger partial charge in [-0.25, -0.2) is 0 Å². The molecule has 1 aliphatic rings. The number of halogens is 1. The summed E-state index contributed by atoms with van der Waals surface area (Å²) in [6.07, 6.45) is 2.60. The minimum Gasteiger partial charge on any atom is -0.490 e. The number of nitrogens with one attached hydrogen (secondary N) is 2. The number of rotatable bonds is 6. The molecule has 7 nitrogen and oxygen atoms in total. The van der Waals surface area contributed by atoms with Crippen LogP contribution in [-0.2, 0) is 11.3 Å². The van der Waals surface area contributed by atoms with Gasteiger partial charge in [0.25, 0.3) is 5.56 Å². The first-order valence-corrected chi connectivity index (χ1v) is 8.84. The Morgan fingerprint density at radius 3 is 2.73 bits per heavy atom. The molecule has 0 radical (unpaired) electrons. The number of nitrogens with zero attached hydrogens (tertiary/aromatic N) is 1. The molecule has 3 rings (SSSR count).